The molecule has 3 nitrogen and oxygen atoms in total. The number of methoxy groups -OCH3 is 1. The lowest BCUT2D eigenvalue weighted by molar-refractivity contribution is 0.263. The van der Waals surface area contributed by atoms with E-state index in [9.17, 15) is 4.39 Å². The maximum Gasteiger partial charge on any atom is 0.165 e. The summed E-state index contributed by atoms with van der Waals surface area (Å²) in [4.78, 5) is 0. The normalized spacial score (nSPS) is 12.6. The largest absolute Gasteiger partial charge is 0.493 e. The predicted octanol–water partition coefficient (Wildman–Crippen LogP) is 0.826. The van der Waals surface area contributed by atoms with Gasteiger partial charge in [-0.05, 0) is 6.07 Å². The summed E-state index contributed by atoms with van der Waals surface area (Å²) in [5.41, 5.74) is 6.02. The van der Waals surface area contributed by atoms with Crippen molar-refractivity contribution in [2.24, 2.45) is 5.73 Å². The SMILES string of the molecule is COc1c(F)cccc1C(N)CO. The first-order chi connectivity index (χ1) is 6.20. The highest BCUT2D eigenvalue weighted by atomic mass is 19.1. The van der Waals surface area contributed by atoms with Gasteiger partial charge in [-0.15, -0.1) is 0 Å². The zero-order valence-corrected chi connectivity index (χ0v) is 7.33. The molecule has 0 aromatic heterocycles. The third-order valence-electron chi connectivity index (χ3n) is 1.80. The number of hydrogen-bond donors (Lipinski definition) is 2. The number of halogens is 1. The quantitative estimate of drug-likeness (QED) is 0.733. The molecule has 0 amide bonds. The fraction of sp³-hybridized carbons (Fsp3) is 0.333. The first kappa shape index (κ1) is 9.95. The monoisotopic (exact) mass is 185 g/mol. The summed E-state index contributed by atoms with van der Waals surface area (Å²) in [7, 11) is 1.37. The van der Waals surface area contributed by atoms with Gasteiger partial charge in [0.1, 0.15) is 0 Å². The molecule has 0 aliphatic carbocycles. The van der Waals surface area contributed by atoms with Crippen LogP contribution in [0.5, 0.6) is 5.75 Å². The molecule has 0 aliphatic heterocycles. The van der Waals surface area contributed by atoms with Gasteiger partial charge in [-0.1, -0.05) is 12.1 Å². The molecule has 1 aromatic carbocycles. The molecule has 1 aromatic rings. The number of para-hydroxylation sites is 1. The number of aliphatic hydroxyl groups excluding tert-OH is 1. The van der Waals surface area contributed by atoms with Crippen LogP contribution in [0, 0.1) is 5.82 Å². The Morgan fingerprint density at radius 3 is 2.85 bits per heavy atom. The van der Waals surface area contributed by atoms with E-state index in [0.717, 1.165) is 0 Å². The molecule has 0 radical (unpaired) electrons. The van der Waals surface area contributed by atoms with Gasteiger partial charge in [-0.2, -0.15) is 0 Å². The van der Waals surface area contributed by atoms with Gasteiger partial charge >= 0.3 is 0 Å². The topological polar surface area (TPSA) is 55.5 Å². The number of rotatable bonds is 3. The van der Waals surface area contributed by atoms with Crippen LogP contribution in [0.4, 0.5) is 4.39 Å². The van der Waals surface area contributed by atoms with Crippen molar-refractivity contribution in [3.63, 3.8) is 0 Å². The summed E-state index contributed by atoms with van der Waals surface area (Å²) in [5, 5.41) is 8.80. The average Bonchev–Trinajstić information content (AvgIpc) is 2.16. The lowest BCUT2D eigenvalue weighted by atomic mass is 10.1. The highest BCUT2D eigenvalue weighted by Gasteiger charge is 2.13. The Bertz CT molecular complexity index is 291. The van der Waals surface area contributed by atoms with Crippen LogP contribution in [0.2, 0.25) is 0 Å². The van der Waals surface area contributed by atoms with Crippen molar-refractivity contribution in [3.8, 4) is 5.75 Å². The Morgan fingerprint density at radius 1 is 1.62 bits per heavy atom. The van der Waals surface area contributed by atoms with Gasteiger partial charge in [0.2, 0.25) is 0 Å². The van der Waals surface area contributed by atoms with Crippen LogP contribution >= 0.6 is 0 Å². The Labute approximate surface area is 75.9 Å². The second-order valence-corrected chi connectivity index (χ2v) is 2.65. The van der Waals surface area contributed by atoms with E-state index >= 15 is 0 Å². The van der Waals surface area contributed by atoms with Crippen LogP contribution in [-0.4, -0.2) is 18.8 Å². The highest BCUT2D eigenvalue weighted by Crippen LogP contribution is 2.26. The Balaban J connectivity index is 3.12. The van der Waals surface area contributed by atoms with Crippen molar-refractivity contribution in [2.45, 2.75) is 6.04 Å². The summed E-state index contributed by atoms with van der Waals surface area (Å²) in [6.45, 7) is -0.236. The van der Waals surface area contributed by atoms with Crippen LogP contribution in [0.3, 0.4) is 0 Å². The van der Waals surface area contributed by atoms with E-state index in [0.29, 0.717) is 5.56 Å². The zero-order chi connectivity index (χ0) is 9.84. The van der Waals surface area contributed by atoms with E-state index in [1.54, 1.807) is 6.07 Å². The molecule has 1 atom stereocenters. The summed E-state index contributed by atoms with van der Waals surface area (Å²) >= 11 is 0. The van der Waals surface area contributed by atoms with Crippen molar-refractivity contribution < 1.29 is 14.2 Å². The highest BCUT2D eigenvalue weighted by molar-refractivity contribution is 5.37. The Morgan fingerprint density at radius 2 is 2.31 bits per heavy atom. The lowest BCUT2D eigenvalue weighted by Gasteiger charge is -2.13. The van der Waals surface area contributed by atoms with E-state index in [1.807, 2.05) is 0 Å². The molecule has 72 valence electrons. The third kappa shape index (κ3) is 1.96. The van der Waals surface area contributed by atoms with Crippen LogP contribution in [-0.2, 0) is 0 Å². The van der Waals surface area contributed by atoms with E-state index in [2.05, 4.69) is 0 Å². The number of ether oxygens (including phenoxy) is 1. The predicted molar refractivity (Wildman–Crippen MR) is 47.0 cm³/mol. The van der Waals surface area contributed by atoms with Gasteiger partial charge < -0.3 is 15.6 Å². The Kier molecular flexibility index (Phi) is 3.22. The van der Waals surface area contributed by atoms with Gasteiger partial charge in [-0.3, -0.25) is 0 Å². The molecular weight excluding hydrogens is 173 g/mol. The van der Waals surface area contributed by atoms with Gasteiger partial charge in [0.25, 0.3) is 0 Å². The minimum atomic E-state index is -0.606. The fourth-order valence-electron chi connectivity index (χ4n) is 1.13. The van der Waals surface area contributed by atoms with Gasteiger partial charge in [0.15, 0.2) is 11.6 Å². The molecule has 0 fully saturated rings. The summed E-state index contributed by atoms with van der Waals surface area (Å²) in [6.07, 6.45) is 0. The number of benzene rings is 1. The average molecular weight is 185 g/mol. The van der Waals surface area contributed by atoms with E-state index in [1.165, 1.54) is 19.2 Å². The summed E-state index contributed by atoms with van der Waals surface area (Å²) in [6, 6.07) is 3.84. The molecule has 0 spiro atoms. The minimum absolute atomic E-state index is 0.101. The van der Waals surface area contributed by atoms with Crippen LogP contribution in [0.15, 0.2) is 18.2 Å². The number of aliphatic hydroxyl groups is 1. The van der Waals surface area contributed by atoms with E-state index in [4.69, 9.17) is 15.6 Å². The van der Waals surface area contributed by atoms with Gasteiger partial charge in [0, 0.05) is 5.56 Å². The van der Waals surface area contributed by atoms with Gasteiger partial charge in [-0.25, -0.2) is 4.39 Å². The first-order valence-electron chi connectivity index (χ1n) is 3.89. The molecule has 0 heterocycles. The molecule has 0 saturated carbocycles. The van der Waals surface area contributed by atoms with E-state index < -0.39 is 11.9 Å². The maximum absolute atomic E-state index is 13.1. The van der Waals surface area contributed by atoms with Crippen molar-refractivity contribution in [1.82, 2.24) is 0 Å². The number of nitrogens with two attached hydrogens (primary N) is 1. The molecule has 3 N–H and O–H groups in total. The molecule has 0 saturated heterocycles. The van der Waals surface area contributed by atoms with Crippen LogP contribution in [0.25, 0.3) is 0 Å². The van der Waals surface area contributed by atoms with Crippen LogP contribution in [0.1, 0.15) is 11.6 Å². The second-order valence-electron chi connectivity index (χ2n) is 2.65. The molecule has 1 unspecified atom stereocenters. The summed E-state index contributed by atoms with van der Waals surface area (Å²) in [5.74, 6) is -0.368. The second kappa shape index (κ2) is 4.20. The first-order valence-corrected chi connectivity index (χ1v) is 3.89. The standard InChI is InChI=1S/C9H12FNO2/c1-13-9-6(8(11)5-12)3-2-4-7(9)10/h2-4,8,12H,5,11H2,1H3. The minimum Gasteiger partial charge on any atom is -0.493 e. The molecule has 0 aliphatic rings. The third-order valence-corrected chi connectivity index (χ3v) is 1.80. The van der Waals surface area contributed by atoms with Crippen LogP contribution < -0.4 is 10.5 Å². The molecular formula is C9H12FNO2. The van der Waals surface area contributed by atoms with Crippen molar-refractivity contribution in [2.75, 3.05) is 13.7 Å². The van der Waals surface area contributed by atoms with E-state index in [-0.39, 0.29) is 12.4 Å². The Hall–Kier alpha value is -1.13. The molecule has 0 bridgehead atoms. The number of hydrogen-bond acceptors (Lipinski definition) is 3. The van der Waals surface area contributed by atoms with Crippen molar-refractivity contribution >= 4 is 0 Å². The molecule has 1 rings (SSSR count). The smallest absolute Gasteiger partial charge is 0.165 e. The van der Waals surface area contributed by atoms with Gasteiger partial charge in [0.05, 0.1) is 19.8 Å². The van der Waals surface area contributed by atoms with Crippen molar-refractivity contribution in [1.29, 1.82) is 0 Å². The summed E-state index contributed by atoms with van der Waals surface area (Å²) < 4.78 is 17.9. The van der Waals surface area contributed by atoms with Crippen molar-refractivity contribution in [3.05, 3.63) is 29.6 Å². The fourth-order valence-corrected chi connectivity index (χ4v) is 1.13. The maximum atomic E-state index is 13.1. The lowest BCUT2D eigenvalue weighted by Crippen LogP contribution is -2.15. The molecule has 4 heteroatoms. The molecule has 13 heavy (non-hydrogen) atoms. The zero-order valence-electron chi connectivity index (χ0n) is 7.33.